The number of carbonyl (C=O) groups excluding carboxylic acids is 1. The fourth-order valence-electron chi connectivity index (χ4n) is 3.26. The van der Waals surface area contributed by atoms with Gasteiger partial charge in [-0.25, -0.2) is 4.98 Å². The number of aryl methyl sites for hydroxylation is 2. The first-order valence-corrected chi connectivity index (χ1v) is 7.95. The van der Waals surface area contributed by atoms with Crippen LogP contribution in [-0.4, -0.2) is 36.6 Å². The Morgan fingerprint density at radius 1 is 1.41 bits per heavy atom. The molecule has 0 radical (unpaired) electrons. The van der Waals surface area contributed by atoms with E-state index >= 15 is 0 Å². The number of imidazole rings is 1. The first-order chi connectivity index (χ1) is 10.6. The molecule has 3 rings (SSSR count). The molecule has 6 nitrogen and oxygen atoms in total. The molecule has 6 heteroatoms. The van der Waals surface area contributed by atoms with Gasteiger partial charge >= 0.3 is 0 Å². The van der Waals surface area contributed by atoms with Crippen LogP contribution < -0.4 is 0 Å². The molecule has 0 saturated heterocycles. The zero-order chi connectivity index (χ0) is 15.5. The molecule has 1 N–H and O–H groups in total. The van der Waals surface area contributed by atoms with Gasteiger partial charge < -0.3 is 9.88 Å². The highest BCUT2D eigenvalue weighted by Crippen LogP contribution is 2.25. The van der Waals surface area contributed by atoms with Crippen molar-refractivity contribution in [3.8, 4) is 0 Å². The van der Waals surface area contributed by atoms with E-state index in [1.807, 2.05) is 24.9 Å². The molecule has 2 heterocycles. The largest absolute Gasteiger partial charge is 0.347 e. The van der Waals surface area contributed by atoms with Crippen molar-refractivity contribution >= 4 is 5.91 Å². The lowest BCUT2D eigenvalue weighted by Gasteiger charge is -2.33. The van der Waals surface area contributed by atoms with Gasteiger partial charge in [0.15, 0.2) is 0 Å². The molecule has 22 heavy (non-hydrogen) atoms. The van der Waals surface area contributed by atoms with Crippen LogP contribution in [0.15, 0.2) is 18.5 Å². The van der Waals surface area contributed by atoms with Gasteiger partial charge in [0.1, 0.15) is 11.5 Å². The maximum absolute atomic E-state index is 13.0. The van der Waals surface area contributed by atoms with Crippen molar-refractivity contribution in [3.05, 3.63) is 35.7 Å². The molecule has 1 fully saturated rings. The Bertz CT molecular complexity index is 625. The van der Waals surface area contributed by atoms with Gasteiger partial charge in [-0.2, -0.15) is 5.10 Å². The number of aromatic amines is 1. The molecule has 1 aliphatic rings. The Kier molecular flexibility index (Phi) is 4.27. The van der Waals surface area contributed by atoms with Crippen LogP contribution in [0.3, 0.4) is 0 Å². The molecule has 2 aromatic heterocycles. The summed E-state index contributed by atoms with van der Waals surface area (Å²) < 4.78 is 1.68. The van der Waals surface area contributed by atoms with Crippen molar-refractivity contribution < 1.29 is 4.79 Å². The van der Waals surface area contributed by atoms with E-state index in [1.54, 1.807) is 17.1 Å². The quantitative estimate of drug-likeness (QED) is 0.943. The molecule has 1 amide bonds. The SMILES string of the molecule is Cc1cc(C(=O)N(Cc2ncc[nH]2)C2CCCCC2)n(C)n1. The van der Waals surface area contributed by atoms with Gasteiger partial charge in [0, 0.05) is 25.5 Å². The smallest absolute Gasteiger partial charge is 0.272 e. The Labute approximate surface area is 130 Å². The highest BCUT2D eigenvalue weighted by molar-refractivity contribution is 5.92. The molecule has 1 aliphatic carbocycles. The van der Waals surface area contributed by atoms with E-state index in [4.69, 9.17) is 0 Å². The first-order valence-electron chi connectivity index (χ1n) is 7.95. The minimum Gasteiger partial charge on any atom is -0.347 e. The highest BCUT2D eigenvalue weighted by atomic mass is 16.2. The van der Waals surface area contributed by atoms with Crippen molar-refractivity contribution in [3.63, 3.8) is 0 Å². The summed E-state index contributed by atoms with van der Waals surface area (Å²) in [4.78, 5) is 22.4. The Morgan fingerprint density at radius 3 is 2.77 bits per heavy atom. The van der Waals surface area contributed by atoms with Crippen LogP contribution in [0.1, 0.15) is 54.1 Å². The van der Waals surface area contributed by atoms with Crippen LogP contribution in [0.4, 0.5) is 0 Å². The summed E-state index contributed by atoms with van der Waals surface area (Å²) in [6.45, 7) is 2.44. The summed E-state index contributed by atoms with van der Waals surface area (Å²) in [5.74, 6) is 0.879. The fraction of sp³-hybridized carbons (Fsp3) is 0.562. The standard InChI is InChI=1S/C16H23N5O/c1-12-10-14(20(2)19-12)16(22)21(11-15-17-8-9-18-15)13-6-4-3-5-7-13/h8-10,13H,3-7,11H2,1-2H3,(H,17,18). The number of aromatic nitrogens is 4. The summed E-state index contributed by atoms with van der Waals surface area (Å²) in [7, 11) is 1.83. The molecule has 0 bridgehead atoms. The van der Waals surface area contributed by atoms with Crippen molar-refractivity contribution in [2.45, 2.75) is 51.6 Å². The average Bonchev–Trinajstić information content (AvgIpc) is 3.14. The van der Waals surface area contributed by atoms with E-state index in [9.17, 15) is 4.79 Å². The normalized spacial score (nSPS) is 15.9. The number of carbonyl (C=O) groups is 1. The number of hydrogen-bond donors (Lipinski definition) is 1. The molecule has 0 atom stereocenters. The van der Waals surface area contributed by atoms with Gasteiger partial charge in [-0.05, 0) is 25.8 Å². The molecule has 0 unspecified atom stereocenters. The predicted molar refractivity (Wildman–Crippen MR) is 83.3 cm³/mol. The highest BCUT2D eigenvalue weighted by Gasteiger charge is 2.28. The minimum atomic E-state index is 0.0476. The topological polar surface area (TPSA) is 66.8 Å². The average molecular weight is 301 g/mol. The second-order valence-electron chi connectivity index (χ2n) is 6.06. The van der Waals surface area contributed by atoms with E-state index < -0.39 is 0 Å². The number of amides is 1. The lowest BCUT2D eigenvalue weighted by molar-refractivity contribution is 0.0597. The van der Waals surface area contributed by atoms with E-state index in [0.29, 0.717) is 18.3 Å². The van der Waals surface area contributed by atoms with E-state index in [0.717, 1.165) is 24.4 Å². The van der Waals surface area contributed by atoms with E-state index in [1.165, 1.54) is 19.3 Å². The third kappa shape index (κ3) is 3.05. The number of H-pyrrole nitrogens is 1. The molecule has 0 aromatic carbocycles. The van der Waals surface area contributed by atoms with E-state index in [-0.39, 0.29) is 5.91 Å². The number of nitrogens with one attached hydrogen (secondary N) is 1. The van der Waals surface area contributed by atoms with E-state index in [2.05, 4.69) is 15.1 Å². The molecular weight excluding hydrogens is 278 g/mol. The van der Waals surface area contributed by atoms with Crippen LogP contribution in [0.2, 0.25) is 0 Å². The Balaban J connectivity index is 1.86. The van der Waals surface area contributed by atoms with Crippen molar-refractivity contribution in [2.75, 3.05) is 0 Å². The zero-order valence-corrected chi connectivity index (χ0v) is 13.2. The van der Waals surface area contributed by atoms with Gasteiger partial charge in [-0.3, -0.25) is 9.48 Å². The molecule has 2 aromatic rings. The summed E-state index contributed by atoms with van der Waals surface area (Å²) in [5.41, 5.74) is 1.52. The van der Waals surface area contributed by atoms with Gasteiger partial charge in [-0.1, -0.05) is 19.3 Å². The number of nitrogens with zero attached hydrogens (tertiary/aromatic N) is 4. The fourth-order valence-corrected chi connectivity index (χ4v) is 3.26. The van der Waals surface area contributed by atoms with Gasteiger partial charge in [-0.15, -0.1) is 0 Å². The van der Waals surface area contributed by atoms with Crippen molar-refractivity contribution in [1.82, 2.24) is 24.6 Å². The lowest BCUT2D eigenvalue weighted by Crippen LogP contribution is -2.42. The molecule has 1 saturated carbocycles. The third-order valence-electron chi connectivity index (χ3n) is 4.37. The first kappa shape index (κ1) is 14.8. The third-order valence-corrected chi connectivity index (χ3v) is 4.37. The summed E-state index contributed by atoms with van der Waals surface area (Å²) >= 11 is 0. The summed E-state index contributed by atoms with van der Waals surface area (Å²) in [6.07, 6.45) is 9.32. The van der Waals surface area contributed by atoms with Gasteiger partial charge in [0.05, 0.1) is 12.2 Å². The van der Waals surface area contributed by atoms with Crippen LogP contribution in [0.5, 0.6) is 0 Å². The summed E-state index contributed by atoms with van der Waals surface area (Å²) in [5, 5.41) is 4.30. The Hall–Kier alpha value is -2.11. The minimum absolute atomic E-state index is 0.0476. The van der Waals surface area contributed by atoms with Crippen molar-refractivity contribution in [1.29, 1.82) is 0 Å². The molecule has 0 aliphatic heterocycles. The Morgan fingerprint density at radius 2 is 2.18 bits per heavy atom. The van der Waals surface area contributed by atoms with Crippen LogP contribution in [0, 0.1) is 6.92 Å². The molecule has 118 valence electrons. The second-order valence-corrected chi connectivity index (χ2v) is 6.06. The van der Waals surface area contributed by atoms with Gasteiger partial charge in [0.2, 0.25) is 0 Å². The maximum Gasteiger partial charge on any atom is 0.272 e. The van der Waals surface area contributed by atoms with Crippen LogP contribution >= 0.6 is 0 Å². The van der Waals surface area contributed by atoms with Crippen LogP contribution in [-0.2, 0) is 13.6 Å². The van der Waals surface area contributed by atoms with Gasteiger partial charge in [0.25, 0.3) is 5.91 Å². The maximum atomic E-state index is 13.0. The molecular formula is C16H23N5O. The number of hydrogen-bond acceptors (Lipinski definition) is 3. The monoisotopic (exact) mass is 301 g/mol. The lowest BCUT2D eigenvalue weighted by atomic mass is 9.94. The van der Waals surface area contributed by atoms with Crippen molar-refractivity contribution in [2.24, 2.45) is 7.05 Å². The second kappa shape index (κ2) is 6.34. The number of rotatable bonds is 4. The predicted octanol–water partition coefficient (Wildman–Crippen LogP) is 2.43. The zero-order valence-electron chi connectivity index (χ0n) is 13.2. The molecule has 0 spiro atoms. The van der Waals surface area contributed by atoms with Crippen LogP contribution in [0.25, 0.3) is 0 Å². The summed E-state index contributed by atoms with van der Waals surface area (Å²) in [6, 6.07) is 2.15.